The lowest BCUT2D eigenvalue weighted by molar-refractivity contribution is -0.117. The molecule has 3 aromatic rings. The minimum atomic E-state index is -0.447. The van der Waals surface area contributed by atoms with Gasteiger partial charge in [0.2, 0.25) is 5.91 Å². The predicted molar refractivity (Wildman–Crippen MR) is 184 cm³/mol. The standard InChI is InChI=1S/C37H38FN7O3/c1-4-26-33(29-11-9-24(38)19-30(29)39)32(22(3)42-34(26)23-13-16-40-17-14-23)35(46)41-20-25-10-12-31(44-43-25)21(2)15-18-45-36(47)27-7-5-6-8-28(27)37(45)48/h5-9,11,13-14,16-17,19,21,26,33H,4,10,12,15,18,20,39H2,1-3H3,(H,41,46). The van der Waals surface area contributed by atoms with Crippen molar-refractivity contribution in [2.75, 3.05) is 18.8 Å². The van der Waals surface area contributed by atoms with Crippen LogP contribution in [0.2, 0.25) is 0 Å². The molecule has 3 aliphatic rings. The van der Waals surface area contributed by atoms with E-state index in [4.69, 9.17) is 10.7 Å². The molecule has 11 heteroatoms. The molecule has 3 aliphatic heterocycles. The van der Waals surface area contributed by atoms with Crippen molar-refractivity contribution in [1.82, 2.24) is 15.2 Å². The number of aliphatic imine (C=N–C) groups is 1. The number of amides is 3. The van der Waals surface area contributed by atoms with Gasteiger partial charge in [-0.2, -0.15) is 10.2 Å². The second kappa shape index (κ2) is 13.8. The number of allylic oxidation sites excluding steroid dienone is 1. The topological polar surface area (TPSA) is 142 Å². The third-order valence-corrected chi connectivity index (χ3v) is 9.46. The Morgan fingerprint density at radius 1 is 1.04 bits per heavy atom. The summed E-state index contributed by atoms with van der Waals surface area (Å²) < 4.78 is 14.1. The molecule has 2 aromatic carbocycles. The van der Waals surface area contributed by atoms with Gasteiger partial charge in [-0.3, -0.25) is 29.3 Å². The lowest BCUT2D eigenvalue weighted by Gasteiger charge is -2.34. The van der Waals surface area contributed by atoms with Crippen LogP contribution in [0.4, 0.5) is 10.1 Å². The van der Waals surface area contributed by atoms with E-state index in [1.165, 1.54) is 17.0 Å². The van der Waals surface area contributed by atoms with Crippen LogP contribution in [-0.2, 0) is 4.79 Å². The van der Waals surface area contributed by atoms with Gasteiger partial charge in [0.05, 0.1) is 29.1 Å². The highest BCUT2D eigenvalue weighted by Crippen LogP contribution is 2.43. The Hall–Kier alpha value is -5.32. The van der Waals surface area contributed by atoms with E-state index >= 15 is 0 Å². The minimum Gasteiger partial charge on any atom is -0.398 e. The smallest absolute Gasteiger partial charge is 0.261 e. The third-order valence-electron chi connectivity index (χ3n) is 9.46. The quantitative estimate of drug-likeness (QED) is 0.214. The molecule has 246 valence electrons. The molecule has 4 heterocycles. The summed E-state index contributed by atoms with van der Waals surface area (Å²) >= 11 is 0. The molecular formula is C37H38FN7O3. The molecule has 3 amide bonds. The summed E-state index contributed by atoms with van der Waals surface area (Å²) in [6.45, 7) is 6.38. The number of nitrogens with one attached hydrogen (secondary N) is 1. The van der Waals surface area contributed by atoms with Gasteiger partial charge >= 0.3 is 0 Å². The second-order valence-electron chi connectivity index (χ2n) is 12.4. The maximum Gasteiger partial charge on any atom is 0.261 e. The molecule has 3 unspecified atom stereocenters. The van der Waals surface area contributed by atoms with Gasteiger partial charge in [-0.25, -0.2) is 4.39 Å². The number of nitrogens with two attached hydrogens (primary N) is 1. The van der Waals surface area contributed by atoms with Gasteiger partial charge in [0.15, 0.2) is 0 Å². The van der Waals surface area contributed by atoms with E-state index in [1.54, 1.807) is 42.7 Å². The Bertz CT molecular complexity index is 1860. The van der Waals surface area contributed by atoms with Crippen LogP contribution in [0.1, 0.15) is 84.2 Å². The Balaban J connectivity index is 1.16. The Morgan fingerprint density at radius 3 is 2.38 bits per heavy atom. The maximum atomic E-state index is 14.1. The van der Waals surface area contributed by atoms with Gasteiger partial charge in [-0.15, -0.1) is 0 Å². The molecule has 0 radical (unpaired) electrons. The average Bonchev–Trinajstić information content (AvgIpc) is 3.34. The van der Waals surface area contributed by atoms with Crippen LogP contribution in [0.5, 0.6) is 0 Å². The fourth-order valence-electron chi connectivity index (χ4n) is 6.83. The summed E-state index contributed by atoms with van der Waals surface area (Å²) in [5.41, 5.74) is 12.6. The number of anilines is 1. The molecule has 0 saturated heterocycles. The highest BCUT2D eigenvalue weighted by atomic mass is 19.1. The molecule has 0 saturated carbocycles. The molecule has 0 aliphatic carbocycles. The van der Waals surface area contributed by atoms with Crippen molar-refractivity contribution in [2.24, 2.45) is 27.0 Å². The van der Waals surface area contributed by atoms with Gasteiger partial charge in [0.25, 0.3) is 11.8 Å². The summed E-state index contributed by atoms with van der Waals surface area (Å²) in [5, 5.41) is 11.9. The van der Waals surface area contributed by atoms with Crippen molar-refractivity contribution in [3.8, 4) is 0 Å². The van der Waals surface area contributed by atoms with E-state index in [9.17, 15) is 18.8 Å². The van der Waals surface area contributed by atoms with Crippen LogP contribution >= 0.6 is 0 Å². The van der Waals surface area contributed by atoms with Gasteiger partial charge < -0.3 is 11.1 Å². The number of imide groups is 1. The fourth-order valence-corrected chi connectivity index (χ4v) is 6.83. The molecule has 0 bridgehead atoms. The highest BCUT2D eigenvalue weighted by molar-refractivity contribution is 6.21. The van der Waals surface area contributed by atoms with Crippen molar-refractivity contribution in [3.63, 3.8) is 0 Å². The molecule has 1 aromatic heterocycles. The summed E-state index contributed by atoms with van der Waals surface area (Å²) in [6, 6.07) is 15.0. The molecule has 0 spiro atoms. The first-order chi connectivity index (χ1) is 23.2. The third kappa shape index (κ3) is 6.32. The van der Waals surface area contributed by atoms with E-state index in [2.05, 4.69) is 20.5 Å². The lowest BCUT2D eigenvalue weighted by Crippen LogP contribution is -2.38. The number of hydrogen-bond acceptors (Lipinski definition) is 8. The number of pyridine rings is 1. The molecule has 0 fully saturated rings. The normalized spacial score (nSPS) is 19.8. The summed E-state index contributed by atoms with van der Waals surface area (Å²) in [5.74, 6) is -1.87. The predicted octanol–water partition coefficient (Wildman–Crippen LogP) is 5.72. The number of benzene rings is 2. The first kappa shape index (κ1) is 32.6. The zero-order valence-corrected chi connectivity index (χ0v) is 27.2. The number of carbonyl (C=O) groups excluding carboxylic acids is 3. The van der Waals surface area contributed by atoms with Crippen molar-refractivity contribution in [1.29, 1.82) is 0 Å². The van der Waals surface area contributed by atoms with Crippen LogP contribution < -0.4 is 11.1 Å². The lowest BCUT2D eigenvalue weighted by atomic mass is 9.72. The van der Waals surface area contributed by atoms with Crippen molar-refractivity contribution < 1.29 is 18.8 Å². The van der Waals surface area contributed by atoms with E-state index < -0.39 is 11.7 Å². The SMILES string of the molecule is CCC1C(c2ccncc2)=NC(C)=C(C(=O)NCC2=NN=C(C(C)CCN3C(=O)c4ccccc4C3=O)CC2)C1c1ccc(F)cc1N. The number of halogens is 1. The zero-order chi connectivity index (χ0) is 33.9. The van der Waals surface area contributed by atoms with E-state index in [-0.39, 0.29) is 41.8 Å². The summed E-state index contributed by atoms with van der Waals surface area (Å²) in [6.07, 6.45) is 5.94. The second-order valence-corrected chi connectivity index (χ2v) is 12.4. The molecule has 48 heavy (non-hydrogen) atoms. The van der Waals surface area contributed by atoms with Gasteiger partial charge in [-0.05, 0) is 86.1 Å². The highest BCUT2D eigenvalue weighted by Gasteiger charge is 2.39. The zero-order valence-electron chi connectivity index (χ0n) is 27.2. The van der Waals surface area contributed by atoms with E-state index in [1.807, 2.05) is 32.9 Å². The van der Waals surface area contributed by atoms with Crippen LogP contribution in [0.15, 0.2) is 93.5 Å². The Morgan fingerprint density at radius 2 is 1.75 bits per heavy atom. The molecule has 6 rings (SSSR count). The van der Waals surface area contributed by atoms with Crippen molar-refractivity contribution >= 4 is 40.5 Å². The van der Waals surface area contributed by atoms with Gasteiger partial charge in [0.1, 0.15) is 5.82 Å². The molecule has 10 nitrogen and oxygen atoms in total. The molecule has 3 N–H and O–H groups in total. The number of nitrogens with zero attached hydrogens (tertiary/aromatic N) is 5. The van der Waals surface area contributed by atoms with Gasteiger partial charge in [0, 0.05) is 53.4 Å². The maximum absolute atomic E-state index is 14.1. The van der Waals surface area contributed by atoms with Crippen molar-refractivity contribution in [3.05, 3.63) is 106 Å². The number of rotatable bonds is 10. The van der Waals surface area contributed by atoms with Gasteiger partial charge in [-0.1, -0.05) is 32.0 Å². The Kier molecular flexibility index (Phi) is 9.38. The number of carbonyl (C=O) groups is 3. The number of aromatic nitrogens is 1. The van der Waals surface area contributed by atoms with E-state index in [0.29, 0.717) is 60.2 Å². The number of hydrogen-bond donors (Lipinski definition) is 2. The average molecular weight is 648 g/mol. The minimum absolute atomic E-state index is 0.0182. The fraction of sp³-hybridized carbons (Fsp3) is 0.324. The number of nitrogen functional groups attached to an aromatic ring is 1. The monoisotopic (exact) mass is 647 g/mol. The number of fused-ring (bicyclic) bond motifs is 1. The van der Waals surface area contributed by atoms with Crippen LogP contribution in [0, 0.1) is 17.7 Å². The largest absolute Gasteiger partial charge is 0.398 e. The first-order valence-corrected chi connectivity index (χ1v) is 16.3. The van der Waals surface area contributed by atoms with E-state index in [0.717, 1.165) is 22.7 Å². The molecular weight excluding hydrogens is 609 g/mol. The van der Waals surface area contributed by atoms with Crippen LogP contribution in [0.25, 0.3) is 0 Å². The summed E-state index contributed by atoms with van der Waals surface area (Å²) in [4.78, 5) is 49.7. The molecule has 3 atom stereocenters. The summed E-state index contributed by atoms with van der Waals surface area (Å²) in [7, 11) is 0. The van der Waals surface area contributed by atoms with Crippen molar-refractivity contribution in [2.45, 2.75) is 52.4 Å². The Labute approximate surface area is 278 Å². The van der Waals surface area contributed by atoms with Crippen LogP contribution in [-0.4, -0.2) is 57.8 Å². The van der Waals surface area contributed by atoms with Crippen LogP contribution in [0.3, 0.4) is 0 Å². The first-order valence-electron chi connectivity index (χ1n) is 16.3.